The maximum atomic E-state index is 10.7. The van der Waals surface area contributed by atoms with Gasteiger partial charge in [0.15, 0.2) is 0 Å². The quantitative estimate of drug-likeness (QED) is 0.578. The maximum absolute atomic E-state index is 10.7. The molecule has 1 unspecified atom stereocenters. The van der Waals surface area contributed by atoms with Crippen molar-refractivity contribution in [2.45, 2.75) is 12.8 Å². The number of nitrogens with zero attached hydrogens (tertiary/aromatic N) is 1. The topological polar surface area (TPSA) is 98.6 Å². The largest absolute Gasteiger partial charge is 0.508 e. The average molecular weight is 212 g/mol. The second-order valence-electron chi connectivity index (χ2n) is 3.23. The Balaban J connectivity index is 3.12. The summed E-state index contributed by atoms with van der Waals surface area (Å²) in [6, 6.07) is 3.89. The van der Waals surface area contributed by atoms with E-state index >= 15 is 0 Å². The highest BCUT2D eigenvalue weighted by atomic mass is 16.6. The van der Waals surface area contributed by atoms with Crippen molar-refractivity contribution in [3.8, 4) is 5.75 Å². The highest BCUT2D eigenvalue weighted by Gasteiger charge is 2.19. The first kappa shape index (κ1) is 11.4. The van der Waals surface area contributed by atoms with Gasteiger partial charge in [-0.15, -0.1) is 0 Å². The Kier molecular flexibility index (Phi) is 3.59. The van der Waals surface area contributed by atoms with Crippen molar-refractivity contribution in [1.82, 2.24) is 0 Å². The van der Waals surface area contributed by atoms with Crippen LogP contribution < -0.4 is 5.90 Å². The van der Waals surface area contributed by atoms with Gasteiger partial charge in [-0.1, -0.05) is 6.92 Å². The van der Waals surface area contributed by atoms with Gasteiger partial charge < -0.3 is 9.94 Å². The van der Waals surface area contributed by atoms with Gasteiger partial charge in [-0.25, -0.2) is 5.90 Å². The van der Waals surface area contributed by atoms with E-state index in [1.807, 2.05) is 0 Å². The molecular formula is C9H12N2O4. The van der Waals surface area contributed by atoms with Crippen molar-refractivity contribution in [2.75, 3.05) is 6.61 Å². The summed E-state index contributed by atoms with van der Waals surface area (Å²) in [5.41, 5.74) is 0.364. The zero-order chi connectivity index (χ0) is 11.4. The molecule has 1 rings (SSSR count). The zero-order valence-electron chi connectivity index (χ0n) is 8.21. The lowest BCUT2D eigenvalue weighted by Crippen LogP contribution is -2.10. The summed E-state index contributed by atoms with van der Waals surface area (Å²) in [5, 5.41) is 19.9. The number of nitro benzene ring substituents is 1. The fourth-order valence-corrected chi connectivity index (χ4v) is 1.34. The minimum absolute atomic E-state index is 0.0144. The van der Waals surface area contributed by atoms with Crippen LogP contribution in [0, 0.1) is 10.1 Å². The normalized spacial score (nSPS) is 12.4. The van der Waals surface area contributed by atoms with Crippen molar-refractivity contribution in [3.63, 3.8) is 0 Å². The molecule has 1 aromatic carbocycles. The number of benzene rings is 1. The number of phenolic OH excluding ortho intramolecular Hbond substituents is 1. The molecule has 0 radical (unpaired) electrons. The van der Waals surface area contributed by atoms with E-state index in [-0.39, 0.29) is 24.0 Å². The molecule has 1 aromatic rings. The smallest absolute Gasteiger partial charge is 0.273 e. The molecule has 0 bridgehead atoms. The van der Waals surface area contributed by atoms with E-state index in [4.69, 9.17) is 5.90 Å². The summed E-state index contributed by atoms with van der Waals surface area (Å²) in [6.45, 7) is 1.89. The van der Waals surface area contributed by atoms with Crippen LogP contribution >= 0.6 is 0 Å². The number of aromatic hydroxyl groups is 1. The molecule has 0 heterocycles. The van der Waals surface area contributed by atoms with Gasteiger partial charge in [-0.2, -0.15) is 0 Å². The third kappa shape index (κ3) is 2.64. The highest BCUT2D eigenvalue weighted by Crippen LogP contribution is 2.29. The number of rotatable bonds is 4. The lowest BCUT2D eigenvalue weighted by Gasteiger charge is -2.10. The molecular weight excluding hydrogens is 200 g/mol. The van der Waals surface area contributed by atoms with Crippen LogP contribution in [-0.2, 0) is 4.84 Å². The first-order valence-electron chi connectivity index (χ1n) is 4.35. The van der Waals surface area contributed by atoms with Gasteiger partial charge in [0, 0.05) is 17.5 Å². The molecule has 15 heavy (non-hydrogen) atoms. The van der Waals surface area contributed by atoms with Gasteiger partial charge in [0.05, 0.1) is 11.5 Å². The fourth-order valence-electron chi connectivity index (χ4n) is 1.34. The monoisotopic (exact) mass is 212 g/mol. The molecule has 0 saturated heterocycles. The van der Waals surface area contributed by atoms with Gasteiger partial charge in [0.2, 0.25) is 0 Å². The van der Waals surface area contributed by atoms with E-state index < -0.39 is 4.92 Å². The number of nitrogens with two attached hydrogens (primary N) is 1. The third-order valence-corrected chi connectivity index (χ3v) is 2.08. The minimum atomic E-state index is -0.498. The molecule has 0 aliphatic carbocycles. The zero-order valence-corrected chi connectivity index (χ0v) is 8.21. The van der Waals surface area contributed by atoms with Crippen LogP contribution in [0.1, 0.15) is 18.4 Å². The Morgan fingerprint density at radius 2 is 2.33 bits per heavy atom. The standard InChI is InChI=1S/C9H12N2O4/c1-6(5-15-10)8-4-7(12)2-3-9(8)11(13)14/h2-4,6,12H,5,10H2,1H3. The molecule has 82 valence electrons. The molecule has 6 heteroatoms. The molecule has 0 spiro atoms. The van der Waals surface area contributed by atoms with Crippen LogP contribution in [0.3, 0.4) is 0 Å². The fraction of sp³-hybridized carbons (Fsp3) is 0.333. The predicted octanol–water partition coefficient (Wildman–Crippen LogP) is 1.29. The number of nitro groups is 1. The van der Waals surface area contributed by atoms with E-state index in [9.17, 15) is 15.2 Å². The molecule has 6 nitrogen and oxygen atoms in total. The van der Waals surface area contributed by atoms with Gasteiger partial charge in [-0.3, -0.25) is 10.1 Å². The van der Waals surface area contributed by atoms with Crippen molar-refractivity contribution in [1.29, 1.82) is 0 Å². The van der Waals surface area contributed by atoms with E-state index in [0.29, 0.717) is 5.56 Å². The van der Waals surface area contributed by atoms with E-state index in [0.717, 1.165) is 0 Å². The second kappa shape index (κ2) is 4.72. The summed E-state index contributed by atoms with van der Waals surface area (Å²) >= 11 is 0. The van der Waals surface area contributed by atoms with E-state index in [2.05, 4.69) is 4.84 Å². The maximum Gasteiger partial charge on any atom is 0.273 e. The van der Waals surface area contributed by atoms with Crippen LogP contribution in [0.5, 0.6) is 5.75 Å². The molecule has 0 aliphatic rings. The van der Waals surface area contributed by atoms with Gasteiger partial charge in [0.1, 0.15) is 5.75 Å². The average Bonchev–Trinajstić information content (AvgIpc) is 2.17. The van der Waals surface area contributed by atoms with E-state index in [1.54, 1.807) is 6.92 Å². The lowest BCUT2D eigenvalue weighted by molar-refractivity contribution is -0.385. The van der Waals surface area contributed by atoms with Crippen molar-refractivity contribution in [3.05, 3.63) is 33.9 Å². The minimum Gasteiger partial charge on any atom is -0.508 e. The first-order chi connectivity index (χ1) is 7.06. The molecule has 0 fully saturated rings. The first-order valence-corrected chi connectivity index (χ1v) is 4.35. The molecule has 3 N–H and O–H groups in total. The third-order valence-electron chi connectivity index (χ3n) is 2.08. The van der Waals surface area contributed by atoms with Crippen LogP contribution in [-0.4, -0.2) is 16.6 Å². The van der Waals surface area contributed by atoms with Crippen LogP contribution in [0.2, 0.25) is 0 Å². The SMILES string of the molecule is CC(CON)c1cc(O)ccc1[N+](=O)[O-]. The van der Waals surface area contributed by atoms with Crippen molar-refractivity contribution in [2.24, 2.45) is 5.90 Å². The van der Waals surface area contributed by atoms with Gasteiger partial charge >= 0.3 is 0 Å². The Hall–Kier alpha value is -1.66. The molecule has 0 aliphatic heterocycles. The molecule has 0 amide bonds. The van der Waals surface area contributed by atoms with Crippen LogP contribution in [0.4, 0.5) is 5.69 Å². The Labute approximate surface area is 86.4 Å². The molecule has 0 aromatic heterocycles. The Bertz CT molecular complexity index is 367. The van der Waals surface area contributed by atoms with Gasteiger partial charge in [0.25, 0.3) is 5.69 Å². The van der Waals surface area contributed by atoms with Crippen LogP contribution in [0.15, 0.2) is 18.2 Å². The summed E-state index contributed by atoms with van der Waals surface area (Å²) in [5.74, 6) is 4.64. The molecule has 0 saturated carbocycles. The molecule has 1 atom stereocenters. The predicted molar refractivity (Wildman–Crippen MR) is 53.3 cm³/mol. The summed E-state index contributed by atoms with van der Waals surface area (Å²) in [4.78, 5) is 14.6. The lowest BCUT2D eigenvalue weighted by atomic mass is 10.00. The Morgan fingerprint density at radius 1 is 1.67 bits per heavy atom. The number of hydrogen-bond donors (Lipinski definition) is 2. The van der Waals surface area contributed by atoms with Gasteiger partial charge in [-0.05, 0) is 12.1 Å². The summed E-state index contributed by atoms with van der Waals surface area (Å²) in [6.07, 6.45) is 0. The number of phenols is 1. The van der Waals surface area contributed by atoms with Crippen molar-refractivity contribution < 1.29 is 14.9 Å². The highest BCUT2D eigenvalue weighted by molar-refractivity contribution is 5.46. The summed E-state index contributed by atoms with van der Waals surface area (Å²) in [7, 11) is 0. The second-order valence-corrected chi connectivity index (χ2v) is 3.23. The summed E-state index contributed by atoms with van der Waals surface area (Å²) < 4.78 is 0. The van der Waals surface area contributed by atoms with Crippen molar-refractivity contribution >= 4 is 5.69 Å². The van der Waals surface area contributed by atoms with Crippen LogP contribution in [0.25, 0.3) is 0 Å². The Morgan fingerprint density at radius 3 is 2.87 bits per heavy atom. The number of hydrogen-bond acceptors (Lipinski definition) is 5. The van der Waals surface area contributed by atoms with E-state index in [1.165, 1.54) is 18.2 Å².